The highest BCUT2D eigenvalue weighted by atomic mass is 31.2. The van der Waals surface area contributed by atoms with E-state index >= 15 is 0 Å². The molecular formula is C32H36N5O6P. The SMILES string of the molecule is C=CC(=O)Nc1cc(OC)cc(-c2cnc3c(c2)c(-c2ccnc(C#N)c2)cn3COP(=O)(OC(C)(C)C)OC(C)(C)C)c1. The molecule has 230 valence electrons. The van der Waals surface area contributed by atoms with Gasteiger partial charge in [0, 0.05) is 46.9 Å². The Morgan fingerprint density at radius 1 is 1.05 bits per heavy atom. The third-order valence-electron chi connectivity index (χ3n) is 5.95. The van der Waals surface area contributed by atoms with Crippen molar-refractivity contribution in [1.29, 1.82) is 5.26 Å². The van der Waals surface area contributed by atoms with Gasteiger partial charge in [0.25, 0.3) is 0 Å². The first kappa shape index (κ1) is 32.6. The molecule has 12 heteroatoms. The van der Waals surface area contributed by atoms with E-state index in [1.807, 2.05) is 12.1 Å². The molecule has 44 heavy (non-hydrogen) atoms. The lowest BCUT2D eigenvalue weighted by molar-refractivity contribution is -0.111. The van der Waals surface area contributed by atoms with Crippen LogP contribution in [0.15, 0.2) is 67.6 Å². The van der Waals surface area contributed by atoms with Gasteiger partial charge in [-0.15, -0.1) is 0 Å². The number of hydrogen-bond acceptors (Lipinski definition) is 9. The van der Waals surface area contributed by atoms with Crippen molar-refractivity contribution in [2.45, 2.75) is 59.5 Å². The molecule has 4 aromatic rings. The number of pyridine rings is 2. The van der Waals surface area contributed by atoms with Gasteiger partial charge in [-0.25, -0.2) is 14.5 Å². The minimum absolute atomic E-state index is 0.195. The van der Waals surface area contributed by atoms with Crippen LogP contribution >= 0.6 is 7.82 Å². The molecule has 1 aromatic carbocycles. The molecule has 4 rings (SSSR count). The number of carbonyl (C=O) groups excluding carboxylic acids is 1. The minimum atomic E-state index is -4.02. The van der Waals surface area contributed by atoms with Crippen molar-refractivity contribution in [2.75, 3.05) is 12.4 Å². The van der Waals surface area contributed by atoms with Gasteiger partial charge in [-0.2, -0.15) is 5.26 Å². The van der Waals surface area contributed by atoms with Gasteiger partial charge in [-0.05, 0) is 89.1 Å². The highest BCUT2D eigenvalue weighted by Crippen LogP contribution is 2.55. The Labute approximate surface area is 257 Å². The van der Waals surface area contributed by atoms with Gasteiger partial charge in [-0.1, -0.05) is 6.58 Å². The van der Waals surface area contributed by atoms with Crippen molar-refractivity contribution in [2.24, 2.45) is 0 Å². The summed E-state index contributed by atoms with van der Waals surface area (Å²) in [5, 5.41) is 13.0. The predicted molar refractivity (Wildman–Crippen MR) is 169 cm³/mol. The number of ether oxygens (including phenoxy) is 1. The zero-order chi connectivity index (χ0) is 32.3. The number of benzene rings is 1. The number of anilines is 1. The molecule has 0 aliphatic rings. The van der Waals surface area contributed by atoms with Gasteiger partial charge >= 0.3 is 7.82 Å². The van der Waals surface area contributed by atoms with Crippen LogP contribution in [0.5, 0.6) is 5.75 Å². The van der Waals surface area contributed by atoms with E-state index in [0.717, 1.165) is 27.6 Å². The van der Waals surface area contributed by atoms with Crippen molar-refractivity contribution in [3.05, 3.63) is 73.3 Å². The van der Waals surface area contributed by atoms with E-state index in [4.69, 9.17) is 23.3 Å². The molecule has 3 heterocycles. The summed E-state index contributed by atoms with van der Waals surface area (Å²) in [5.74, 6) is 0.181. The van der Waals surface area contributed by atoms with Crippen molar-refractivity contribution in [3.8, 4) is 34.1 Å². The fourth-order valence-electron chi connectivity index (χ4n) is 4.34. The second-order valence-electron chi connectivity index (χ2n) is 11.9. The standard InChI is InChI=1S/C32H36N5O6P/c1-9-29(38)36-24-13-22(14-26(16-24)40-8)23-15-27-28(21-10-11-34-25(12-21)17-33)19-37(30(27)35-18-23)20-41-44(39,42-31(2,3)4)43-32(5,6)7/h9-16,18-19H,1,20H2,2-8H3,(H,36,38). The molecule has 1 N–H and O–H groups in total. The molecule has 0 saturated heterocycles. The summed E-state index contributed by atoms with van der Waals surface area (Å²) >= 11 is 0. The summed E-state index contributed by atoms with van der Waals surface area (Å²) in [7, 11) is -2.48. The lowest BCUT2D eigenvalue weighted by Crippen LogP contribution is -2.25. The Kier molecular flexibility index (Phi) is 9.42. The maximum atomic E-state index is 13.8. The number of carbonyl (C=O) groups is 1. The summed E-state index contributed by atoms with van der Waals surface area (Å²) in [6.07, 6.45) is 6.23. The summed E-state index contributed by atoms with van der Waals surface area (Å²) < 4.78 is 38.4. The lowest BCUT2D eigenvalue weighted by Gasteiger charge is -2.30. The third kappa shape index (κ3) is 8.18. The number of hydrogen-bond donors (Lipinski definition) is 1. The van der Waals surface area contributed by atoms with Crippen LogP contribution in [0.4, 0.5) is 5.69 Å². The summed E-state index contributed by atoms with van der Waals surface area (Å²) in [6.45, 7) is 13.9. The van der Waals surface area contributed by atoms with E-state index in [-0.39, 0.29) is 18.3 Å². The van der Waals surface area contributed by atoms with Crippen LogP contribution in [-0.4, -0.2) is 38.8 Å². The first-order valence-electron chi connectivity index (χ1n) is 13.8. The molecule has 0 bridgehead atoms. The molecule has 0 spiro atoms. The zero-order valence-electron chi connectivity index (χ0n) is 25.9. The molecule has 1 amide bonds. The average Bonchev–Trinajstić information content (AvgIpc) is 3.31. The Bertz CT molecular complexity index is 1780. The Hall–Kier alpha value is -4.33. The van der Waals surface area contributed by atoms with Crippen molar-refractivity contribution < 1.29 is 27.7 Å². The second kappa shape index (κ2) is 12.7. The number of nitrogens with zero attached hydrogens (tertiary/aromatic N) is 4. The van der Waals surface area contributed by atoms with E-state index in [1.54, 1.807) is 96.1 Å². The first-order valence-corrected chi connectivity index (χ1v) is 15.2. The summed E-state index contributed by atoms with van der Waals surface area (Å²) in [5.41, 5.74) is 2.64. The quantitative estimate of drug-likeness (QED) is 0.142. The van der Waals surface area contributed by atoms with E-state index in [2.05, 4.69) is 22.9 Å². The molecule has 0 aliphatic carbocycles. The second-order valence-corrected chi connectivity index (χ2v) is 13.4. The number of fused-ring (bicyclic) bond motifs is 1. The van der Waals surface area contributed by atoms with Crippen LogP contribution in [0.25, 0.3) is 33.3 Å². The predicted octanol–water partition coefficient (Wildman–Crippen LogP) is 7.48. The Morgan fingerprint density at radius 2 is 1.75 bits per heavy atom. The number of nitriles is 1. The number of phosphoric ester groups is 1. The highest BCUT2D eigenvalue weighted by Gasteiger charge is 2.37. The monoisotopic (exact) mass is 617 g/mol. The van der Waals surface area contributed by atoms with Crippen molar-refractivity contribution in [1.82, 2.24) is 14.5 Å². The normalized spacial score (nSPS) is 12.1. The van der Waals surface area contributed by atoms with Crippen LogP contribution in [0.2, 0.25) is 0 Å². The van der Waals surface area contributed by atoms with Gasteiger partial charge in [0.1, 0.15) is 29.9 Å². The van der Waals surface area contributed by atoms with Gasteiger partial charge < -0.3 is 14.6 Å². The fourth-order valence-corrected chi connectivity index (χ4v) is 6.09. The lowest BCUT2D eigenvalue weighted by atomic mass is 10.0. The summed E-state index contributed by atoms with van der Waals surface area (Å²) in [4.78, 5) is 20.8. The van der Waals surface area contributed by atoms with Crippen LogP contribution < -0.4 is 10.1 Å². The maximum absolute atomic E-state index is 13.8. The van der Waals surface area contributed by atoms with Crippen LogP contribution in [-0.2, 0) is 29.7 Å². The van der Waals surface area contributed by atoms with Crippen LogP contribution in [0.1, 0.15) is 47.2 Å². The summed E-state index contributed by atoms with van der Waals surface area (Å²) in [6, 6.07) is 12.8. The van der Waals surface area contributed by atoms with E-state index in [9.17, 15) is 14.6 Å². The number of aromatic nitrogens is 3. The largest absolute Gasteiger partial charge is 0.497 e. The minimum Gasteiger partial charge on any atom is -0.497 e. The van der Waals surface area contributed by atoms with Crippen molar-refractivity contribution >= 4 is 30.5 Å². The number of methoxy groups -OCH3 is 1. The molecule has 3 aromatic heterocycles. The molecule has 0 atom stereocenters. The number of amides is 1. The Balaban J connectivity index is 1.84. The topological polar surface area (TPSA) is 138 Å². The molecule has 0 fully saturated rings. The smallest absolute Gasteiger partial charge is 0.477 e. The molecular weight excluding hydrogens is 581 g/mol. The van der Waals surface area contributed by atoms with Crippen LogP contribution in [0, 0.1) is 11.3 Å². The van der Waals surface area contributed by atoms with Gasteiger partial charge in [0.2, 0.25) is 5.91 Å². The number of phosphoric acid groups is 1. The van der Waals surface area contributed by atoms with E-state index in [1.165, 1.54) is 6.08 Å². The first-order chi connectivity index (χ1) is 20.6. The third-order valence-corrected chi connectivity index (χ3v) is 7.93. The van der Waals surface area contributed by atoms with E-state index < -0.39 is 19.0 Å². The average molecular weight is 618 g/mol. The molecule has 0 radical (unpaired) electrons. The van der Waals surface area contributed by atoms with Crippen LogP contribution in [0.3, 0.4) is 0 Å². The van der Waals surface area contributed by atoms with E-state index in [0.29, 0.717) is 17.1 Å². The number of rotatable bonds is 10. The van der Waals surface area contributed by atoms with Gasteiger partial charge in [0.15, 0.2) is 0 Å². The maximum Gasteiger partial charge on any atom is 0.477 e. The molecule has 0 aliphatic heterocycles. The molecule has 0 saturated carbocycles. The molecule has 0 unspecified atom stereocenters. The highest BCUT2D eigenvalue weighted by molar-refractivity contribution is 7.48. The zero-order valence-corrected chi connectivity index (χ0v) is 26.8. The van der Waals surface area contributed by atoms with Crippen molar-refractivity contribution in [3.63, 3.8) is 0 Å². The van der Waals surface area contributed by atoms with Gasteiger partial charge in [0.05, 0.1) is 18.3 Å². The fraction of sp³-hybridized carbons (Fsp3) is 0.312. The van der Waals surface area contributed by atoms with Gasteiger partial charge in [-0.3, -0.25) is 18.4 Å². The molecule has 11 nitrogen and oxygen atoms in total. The number of nitrogens with one attached hydrogen (secondary N) is 1. The Morgan fingerprint density at radius 3 is 2.36 bits per heavy atom.